The van der Waals surface area contributed by atoms with Gasteiger partial charge in [-0.15, -0.1) is 36.1 Å². The van der Waals surface area contributed by atoms with Crippen molar-refractivity contribution >= 4 is 81.1 Å². The van der Waals surface area contributed by atoms with E-state index in [4.69, 9.17) is 18.8 Å². The van der Waals surface area contributed by atoms with Crippen molar-refractivity contribution in [1.29, 1.82) is 0 Å². The van der Waals surface area contributed by atoms with E-state index in [9.17, 15) is 0 Å². The van der Waals surface area contributed by atoms with E-state index in [0.29, 0.717) is 28.0 Å². The molecule has 9 aromatic rings. The second kappa shape index (κ2) is 23.5. The third kappa shape index (κ3) is 10.8. The summed E-state index contributed by atoms with van der Waals surface area (Å²) in [6, 6.07) is 48.6. The smallest absolute Gasteiger partial charge is 0.213 e. The van der Waals surface area contributed by atoms with Crippen LogP contribution in [0.25, 0.3) is 61.0 Å². The van der Waals surface area contributed by atoms with Gasteiger partial charge >= 0.3 is 0 Å². The van der Waals surface area contributed by atoms with E-state index >= 15 is 0 Å². The van der Waals surface area contributed by atoms with Crippen LogP contribution in [-0.4, -0.2) is 33.7 Å². The van der Waals surface area contributed by atoms with Gasteiger partial charge in [0.1, 0.15) is 5.88 Å². The second-order valence-electron chi connectivity index (χ2n) is 22.0. The maximum absolute atomic E-state index is 8.84. The van der Waals surface area contributed by atoms with Crippen LogP contribution in [0.5, 0.6) is 11.6 Å². The Bertz CT molecular complexity index is 4190. The molecule has 82 heavy (non-hydrogen) atoms. The first-order valence-corrected chi connectivity index (χ1v) is 27.6. The van der Waals surface area contributed by atoms with E-state index in [-0.39, 0.29) is 50.1 Å². The van der Waals surface area contributed by atoms with Crippen LogP contribution in [0.1, 0.15) is 92.2 Å². The molecule has 0 atom stereocenters. The summed E-state index contributed by atoms with van der Waals surface area (Å²) in [7, 11) is 4.29. The van der Waals surface area contributed by atoms with Gasteiger partial charge in [0.25, 0.3) is 0 Å². The zero-order valence-corrected chi connectivity index (χ0v) is 49.2. The third-order valence-corrected chi connectivity index (χ3v) is 14.9. The quantitative estimate of drug-likeness (QED) is 0.104. The molecule has 0 fully saturated rings. The van der Waals surface area contributed by atoms with Gasteiger partial charge in [-0.05, 0) is 116 Å². The first-order valence-electron chi connectivity index (χ1n) is 29.1. The van der Waals surface area contributed by atoms with Crippen LogP contribution in [0.2, 0.25) is 0 Å². The van der Waals surface area contributed by atoms with Crippen molar-refractivity contribution in [2.75, 3.05) is 9.80 Å². The molecule has 3 aliphatic heterocycles. The van der Waals surface area contributed by atoms with E-state index in [1.165, 1.54) is 15.7 Å². The Hall–Kier alpha value is -8.52. The molecule has 0 spiro atoms. The van der Waals surface area contributed by atoms with Crippen molar-refractivity contribution in [3.05, 3.63) is 253 Å². The molecule has 9 nitrogen and oxygen atoms in total. The Morgan fingerprint density at radius 1 is 0.634 bits per heavy atom. The average Bonchev–Trinajstić information content (AvgIpc) is 3.59. The number of pyridine rings is 1. The third-order valence-electron chi connectivity index (χ3n) is 14.9. The molecular formula is C70H63B2N8OPt-3. The van der Waals surface area contributed by atoms with Gasteiger partial charge in [-0.3, -0.25) is 4.98 Å². The molecule has 0 saturated carbocycles. The molecule has 2 N–H and O–H groups in total. The molecule has 0 unspecified atom stereocenters. The Kier molecular flexibility index (Phi) is 14.8. The largest absolute Gasteiger partial charge is 0.503 e. The molecule has 0 aliphatic carbocycles. The molecule has 2 radical (unpaired) electrons. The predicted molar refractivity (Wildman–Crippen MR) is 339 cm³/mol. The van der Waals surface area contributed by atoms with E-state index in [2.05, 4.69) is 211 Å². The number of fused-ring (bicyclic) bond motifs is 5. The average molecular weight is 1250 g/mol. The zero-order chi connectivity index (χ0) is 58.3. The number of allylic oxidation sites excluding steroid dienone is 8. The summed E-state index contributed by atoms with van der Waals surface area (Å²) in [5.41, 5.74) is 15.2. The van der Waals surface area contributed by atoms with Crippen molar-refractivity contribution in [2.24, 2.45) is 6.98 Å². The first kappa shape index (κ1) is 51.6. The van der Waals surface area contributed by atoms with Gasteiger partial charge in [0.15, 0.2) is 14.6 Å². The summed E-state index contributed by atoms with van der Waals surface area (Å²) in [6.45, 7) is 15.0. The number of benzene rings is 6. The van der Waals surface area contributed by atoms with Gasteiger partial charge in [-0.25, -0.2) is 4.98 Å². The molecule has 12 rings (SSSR count). The monoisotopic (exact) mass is 1250 g/mol. The molecule has 408 valence electrons. The van der Waals surface area contributed by atoms with Crippen molar-refractivity contribution in [3.63, 3.8) is 0 Å². The van der Waals surface area contributed by atoms with E-state index < -0.39 is 6.98 Å². The van der Waals surface area contributed by atoms with Gasteiger partial charge in [-0.2, -0.15) is 23.9 Å². The van der Waals surface area contributed by atoms with Crippen LogP contribution >= 0.6 is 0 Å². The van der Waals surface area contributed by atoms with Crippen LogP contribution in [0.3, 0.4) is 0 Å². The molecule has 3 aliphatic rings. The Balaban J connectivity index is 0.00000752. The molecule has 0 amide bonds. The summed E-state index contributed by atoms with van der Waals surface area (Å²) < 4.78 is 36.8. The van der Waals surface area contributed by atoms with E-state index in [1.54, 1.807) is 6.07 Å². The molecule has 3 aromatic heterocycles. The number of para-hydroxylation sites is 5. The van der Waals surface area contributed by atoms with Crippen LogP contribution < -0.4 is 25.2 Å². The molecule has 6 heterocycles. The summed E-state index contributed by atoms with van der Waals surface area (Å²) >= 11 is 0. The molecule has 0 saturated heterocycles. The van der Waals surface area contributed by atoms with Gasteiger partial charge in [0.2, 0.25) is 5.95 Å². The molecule has 12 heteroatoms. The Morgan fingerprint density at radius 2 is 1.27 bits per heavy atom. The normalized spacial score (nSPS) is 18.7. The van der Waals surface area contributed by atoms with Crippen molar-refractivity contribution in [1.82, 2.24) is 29.7 Å². The van der Waals surface area contributed by atoms with Crippen LogP contribution in [-0.2, 0) is 33.5 Å². The SMILES string of the molecule is [2H]C([2H])([2H])n1c(-n2c3[c-]c(Oc4[c-]c(N5[CH-]N(c6c(/C7=C/C=C\N/C=C\C=C/[B]7)cccc6/C6=C/C=C\N/C=C\C=C/[B]6)c6ccccc65)cc(-c5c(C(C)C)cccc5C(C)C)n4)ccc3c3cc(C(C)(C)C)ccc32)nc2ccccc21.[Pt]. The molecular weight excluding hydrogens is 1190 g/mol. The number of ether oxygens (including phenoxy) is 1. The predicted octanol–water partition coefficient (Wildman–Crippen LogP) is 16.5. The number of rotatable bonds is 10. The number of anilines is 4. The number of imidazole rings is 1. The summed E-state index contributed by atoms with van der Waals surface area (Å²) in [6.07, 6.45) is 23.9. The Morgan fingerprint density at radius 3 is 1.93 bits per heavy atom. The fraction of sp³-hybridized carbons (Fsp3) is 0.157. The van der Waals surface area contributed by atoms with Crippen molar-refractivity contribution in [2.45, 2.75) is 65.7 Å². The minimum Gasteiger partial charge on any atom is -0.503 e. The number of hydrogen-bond donors (Lipinski definition) is 2. The van der Waals surface area contributed by atoms with Gasteiger partial charge in [0, 0.05) is 85.3 Å². The van der Waals surface area contributed by atoms with Gasteiger partial charge < -0.3 is 34.3 Å². The number of aryl methyl sites for hydroxylation is 1. The first-order chi connectivity index (χ1) is 40.6. The van der Waals surface area contributed by atoms with E-state index in [0.717, 1.165) is 72.2 Å². The maximum Gasteiger partial charge on any atom is 0.213 e. The minimum absolute atomic E-state index is 0. The fourth-order valence-corrected chi connectivity index (χ4v) is 10.9. The molecule has 0 bridgehead atoms. The summed E-state index contributed by atoms with van der Waals surface area (Å²) in [5, 5.41) is 8.28. The fourth-order valence-electron chi connectivity index (χ4n) is 10.9. The van der Waals surface area contributed by atoms with Crippen molar-refractivity contribution < 1.29 is 29.9 Å². The van der Waals surface area contributed by atoms with Crippen LogP contribution in [0, 0.1) is 18.8 Å². The topological polar surface area (TPSA) is 75.4 Å². The minimum atomic E-state index is -2.56. The summed E-state index contributed by atoms with van der Waals surface area (Å²) in [4.78, 5) is 14.9. The Labute approximate surface area is 502 Å². The standard InChI is InChI=1S/C70H63B2N8O.Pt/c1-46(2)51-21-17-22-52(47(3)4)67(51)60-42-49(43-66(75-60)81-50-32-33-53-56-41-48(70(5,6)7)31-34-61(56)80(65(53)44-50)69-76-59-27-9-10-28-62(59)77(69)8)78-45-79(64-30-12-11-29-63(64)78)68-54(57-25-19-39-73-37-15-13-35-71-57)23-18-24-55(68)58-26-20-40-74-38-16-14-36-72-58;/h9-42,45-47,73-74H,1-8H3;/q-3;/b35-13-,36-14-,37-15-,38-16-,39-19-,40-20-,57-25-,58-26-;/i8D3;. The van der Waals surface area contributed by atoms with Crippen molar-refractivity contribution in [3.8, 4) is 28.8 Å². The number of nitrogens with one attached hydrogen (secondary N) is 2. The number of nitrogens with zero attached hydrogens (tertiary/aromatic N) is 6. The summed E-state index contributed by atoms with van der Waals surface area (Å²) in [5.74, 6) is 5.32. The van der Waals surface area contributed by atoms with E-state index in [1.807, 2.05) is 96.2 Å². The van der Waals surface area contributed by atoms with Gasteiger partial charge in [-0.1, -0.05) is 162 Å². The second-order valence-corrected chi connectivity index (χ2v) is 22.0. The number of aromatic nitrogens is 4. The van der Waals surface area contributed by atoms with Gasteiger partial charge in [0.05, 0.1) is 11.0 Å². The molecule has 6 aromatic carbocycles. The van der Waals surface area contributed by atoms with Crippen LogP contribution in [0.15, 0.2) is 207 Å². The number of hydrogen-bond acceptors (Lipinski definition) is 7. The maximum atomic E-state index is 8.84. The zero-order valence-electron chi connectivity index (χ0n) is 49.9. The van der Waals surface area contributed by atoms with Crippen LogP contribution in [0.4, 0.5) is 22.7 Å².